The van der Waals surface area contributed by atoms with Crippen molar-refractivity contribution >= 4 is 28.9 Å². The Balaban J connectivity index is 2.55. The van der Waals surface area contributed by atoms with E-state index in [1.165, 1.54) is 0 Å². The number of hydrogen-bond donors (Lipinski definition) is 2. The predicted molar refractivity (Wildman–Crippen MR) is 92.6 cm³/mol. The summed E-state index contributed by atoms with van der Waals surface area (Å²) >= 11 is 0. The maximum atomic E-state index is 12.5. The van der Waals surface area contributed by atoms with Crippen molar-refractivity contribution in [2.45, 2.75) is 0 Å². The molecule has 0 spiro atoms. The van der Waals surface area contributed by atoms with Crippen LogP contribution in [0.3, 0.4) is 0 Å². The van der Waals surface area contributed by atoms with Gasteiger partial charge in [0, 0.05) is 18.7 Å². The molecule has 0 saturated carbocycles. The van der Waals surface area contributed by atoms with Crippen molar-refractivity contribution in [2.75, 3.05) is 39.2 Å². The van der Waals surface area contributed by atoms with Crippen molar-refractivity contribution in [3.05, 3.63) is 43.6 Å². The first-order chi connectivity index (χ1) is 13.2. The van der Waals surface area contributed by atoms with Gasteiger partial charge in [0.1, 0.15) is 5.70 Å². The van der Waals surface area contributed by atoms with E-state index < -0.39 is 38.8 Å². The second kappa shape index (κ2) is 8.30. The molecule has 0 unspecified atom stereocenters. The number of β-amino-alcohol motifs (C(OH)–C–C–N with tert-alkyl or cyclic N) is 1. The third-order valence-corrected chi connectivity index (χ3v) is 3.87. The highest BCUT2D eigenvalue weighted by Crippen LogP contribution is 2.40. The third-order valence-electron chi connectivity index (χ3n) is 3.87. The number of rotatable bonds is 8. The van der Waals surface area contributed by atoms with Gasteiger partial charge in [-0.25, -0.2) is 4.79 Å². The lowest BCUT2D eigenvalue weighted by Crippen LogP contribution is -2.31. The Morgan fingerprint density at radius 1 is 1.25 bits per heavy atom. The van der Waals surface area contributed by atoms with Crippen LogP contribution >= 0.6 is 0 Å². The zero-order valence-electron chi connectivity index (χ0n) is 14.8. The van der Waals surface area contributed by atoms with Crippen LogP contribution < -0.4 is 10.1 Å². The van der Waals surface area contributed by atoms with Gasteiger partial charge >= 0.3 is 17.3 Å². The van der Waals surface area contributed by atoms with Crippen LogP contribution in [-0.4, -0.2) is 65.6 Å². The molecule has 0 fully saturated rings. The van der Waals surface area contributed by atoms with Crippen LogP contribution in [-0.2, 0) is 14.3 Å². The summed E-state index contributed by atoms with van der Waals surface area (Å²) in [6, 6.07) is 1.88. The van der Waals surface area contributed by atoms with Crippen molar-refractivity contribution in [3.8, 4) is 5.75 Å². The number of methoxy groups -OCH3 is 2. The monoisotopic (exact) mass is 396 g/mol. The lowest BCUT2D eigenvalue weighted by atomic mass is 10.2. The Kier molecular flexibility index (Phi) is 6.10. The van der Waals surface area contributed by atoms with Gasteiger partial charge in [-0.1, -0.05) is 0 Å². The zero-order chi connectivity index (χ0) is 21.0. The van der Waals surface area contributed by atoms with Crippen LogP contribution in [0.4, 0.5) is 17.1 Å². The number of aliphatic hydroxyl groups excluding tert-OH is 1. The minimum Gasteiger partial charge on any atom is -0.485 e. The molecule has 2 N–H and O–H groups in total. The van der Waals surface area contributed by atoms with Gasteiger partial charge in [0.2, 0.25) is 0 Å². The van der Waals surface area contributed by atoms with Gasteiger partial charge in [-0.3, -0.25) is 25.0 Å². The second-order valence-corrected chi connectivity index (χ2v) is 5.48. The second-order valence-electron chi connectivity index (χ2n) is 5.48. The van der Waals surface area contributed by atoms with E-state index in [1.807, 2.05) is 0 Å². The van der Waals surface area contributed by atoms with Crippen molar-refractivity contribution in [1.82, 2.24) is 4.90 Å². The van der Waals surface area contributed by atoms with Crippen LogP contribution in [0.1, 0.15) is 0 Å². The highest BCUT2D eigenvalue weighted by molar-refractivity contribution is 6.08. The number of hydrogen-bond acceptors (Lipinski definition) is 10. The molecule has 1 aliphatic heterocycles. The number of carbonyl (C=O) groups excluding carboxylic acids is 2. The summed E-state index contributed by atoms with van der Waals surface area (Å²) in [4.78, 5) is 46.4. The number of ether oxygens (including phenoxy) is 2. The number of nitro groups is 2. The Morgan fingerprint density at radius 3 is 2.25 bits per heavy atom. The summed E-state index contributed by atoms with van der Waals surface area (Å²) < 4.78 is 9.39. The molecule has 1 aliphatic rings. The van der Waals surface area contributed by atoms with Gasteiger partial charge in [-0.15, -0.1) is 0 Å². The molecule has 1 aromatic rings. The van der Waals surface area contributed by atoms with E-state index in [2.05, 4.69) is 10.1 Å². The Bertz CT molecular complexity index is 845. The van der Waals surface area contributed by atoms with Gasteiger partial charge in [-0.2, -0.15) is 0 Å². The molecule has 0 atom stereocenters. The molecule has 0 radical (unpaired) electrons. The fraction of sp³-hybridized carbons (Fsp3) is 0.333. The maximum absolute atomic E-state index is 12.5. The maximum Gasteiger partial charge on any atom is 0.337 e. The van der Waals surface area contributed by atoms with Crippen LogP contribution in [0.25, 0.3) is 0 Å². The van der Waals surface area contributed by atoms with Crippen molar-refractivity contribution in [1.29, 1.82) is 0 Å². The lowest BCUT2D eigenvalue weighted by molar-refractivity contribution is -0.395. The normalized spacial score (nSPS) is 13.5. The highest BCUT2D eigenvalue weighted by Gasteiger charge is 2.35. The van der Waals surface area contributed by atoms with Crippen molar-refractivity contribution in [3.63, 3.8) is 0 Å². The largest absolute Gasteiger partial charge is 0.485 e. The molecule has 0 bridgehead atoms. The van der Waals surface area contributed by atoms with Gasteiger partial charge in [0.15, 0.2) is 0 Å². The Hall–Kier alpha value is -3.74. The summed E-state index contributed by atoms with van der Waals surface area (Å²) in [5.41, 5.74) is -1.90. The highest BCUT2D eigenvalue weighted by atomic mass is 16.6. The number of benzene rings is 1. The average Bonchev–Trinajstić information content (AvgIpc) is 2.96. The van der Waals surface area contributed by atoms with Crippen molar-refractivity contribution < 1.29 is 34.0 Å². The number of nitrogens with one attached hydrogen (secondary N) is 1. The SMILES string of the molecule is COC(=O)C1=C(Nc2cc([N+](=O)[O-])c(OC)c([N+](=O)[O-])c2)C(=O)N(CCO)C1. The molecule has 1 aromatic carbocycles. The standard InChI is InChI=1S/C15H16N4O9/c1-27-13-10(18(23)24)5-8(6-11(13)19(25)26)16-12-9(15(22)28-2)7-17(3-4-20)14(12)21/h5-6,16,20H,3-4,7H2,1-2H3. The number of carbonyl (C=O) groups is 2. The van der Waals surface area contributed by atoms with E-state index in [1.54, 1.807) is 0 Å². The van der Waals surface area contributed by atoms with Crippen LogP contribution in [0.2, 0.25) is 0 Å². The molecule has 2 rings (SSSR count). The molecule has 1 heterocycles. The summed E-state index contributed by atoms with van der Waals surface area (Å²) in [5, 5.41) is 34.1. The molecule has 13 heteroatoms. The first-order valence-electron chi connectivity index (χ1n) is 7.74. The lowest BCUT2D eigenvalue weighted by Gasteiger charge is -2.15. The molecule has 0 aliphatic carbocycles. The van der Waals surface area contributed by atoms with Crippen LogP contribution in [0, 0.1) is 20.2 Å². The van der Waals surface area contributed by atoms with E-state index in [0.29, 0.717) is 0 Å². The molecule has 28 heavy (non-hydrogen) atoms. The number of esters is 1. The quantitative estimate of drug-likeness (QED) is 0.350. The molecule has 13 nitrogen and oxygen atoms in total. The fourth-order valence-electron chi connectivity index (χ4n) is 2.64. The summed E-state index contributed by atoms with van der Waals surface area (Å²) in [5.74, 6) is -2.05. The first kappa shape index (κ1) is 20.6. The number of nitro benzene ring substituents is 2. The van der Waals surface area contributed by atoms with Gasteiger partial charge in [0.25, 0.3) is 11.7 Å². The number of amides is 1. The third kappa shape index (κ3) is 3.83. The number of anilines is 1. The van der Waals surface area contributed by atoms with E-state index in [9.17, 15) is 29.8 Å². The first-order valence-corrected chi connectivity index (χ1v) is 7.74. The predicted octanol–water partition coefficient (Wildman–Crippen LogP) is 0.185. The van der Waals surface area contributed by atoms with Crippen molar-refractivity contribution in [2.24, 2.45) is 0 Å². The van der Waals surface area contributed by atoms with E-state index >= 15 is 0 Å². The minimum atomic E-state index is -0.874. The van der Waals surface area contributed by atoms with Crippen LogP contribution in [0.15, 0.2) is 23.4 Å². The van der Waals surface area contributed by atoms with Gasteiger partial charge in [-0.05, 0) is 0 Å². The average molecular weight is 396 g/mol. The van der Waals surface area contributed by atoms with E-state index in [-0.39, 0.29) is 36.7 Å². The fourth-order valence-corrected chi connectivity index (χ4v) is 2.64. The zero-order valence-corrected chi connectivity index (χ0v) is 14.8. The van der Waals surface area contributed by atoms with Gasteiger partial charge in [0.05, 0.1) is 48.5 Å². The summed E-state index contributed by atoms with van der Waals surface area (Å²) in [7, 11) is 2.16. The summed E-state index contributed by atoms with van der Waals surface area (Å²) in [6.07, 6.45) is 0. The van der Waals surface area contributed by atoms with E-state index in [0.717, 1.165) is 31.3 Å². The minimum absolute atomic E-state index is 0.0621. The number of aliphatic hydroxyl groups is 1. The van der Waals surface area contributed by atoms with Gasteiger partial charge < -0.3 is 24.8 Å². The molecule has 1 amide bonds. The van der Waals surface area contributed by atoms with E-state index in [4.69, 9.17) is 9.84 Å². The smallest absolute Gasteiger partial charge is 0.337 e. The molecule has 0 aromatic heterocycles. The molecular weight excluding hydrogens is 380 g/mol. The number of nitrogens with zero attached hydrogens (tertiary/aromatic N) is 3. The molecular formula is C15H16N4O9. The summed E-state index contributed by atoms with van der Waals surface area (Å²) in [6.45, 7) is -0.574. The molecule has 0 saturated heterocycles. The van der Waals surface area contributed by atoms with Crippen LogP contribution in [0.5, 0.6) is 5.75 Å². The molecule has 150 valence electrons. The Labute approximate surface area is 157 Å². The topological polar surface area (TPSA) is 174 Å². The Morgan fingerprint density at radius 2 is 1.82 bits per heavy atom.